The largest absolute Gasteiger partial charge is 0.324 e. The van der Waals surface area contributed by atoms with Gasteiger partial charge in [0.05, 0.1) is 10.0 Å². The monoisotopic (exact) mass is 293 g/mol. The van der Waals surface area contributed by atoms with Crippen LogP contribution in [0.4, 0.5) is 8.78 Å². The molecule has 2 unspecified atom stereocenters. The van der Waals surface area contributed by atoms with Gasteiger partial charge in [0.2, 0.25) is 5.92 Å². The van der Waals surface area contributed by atoms with Crippen LogP contribution < -0.4 is 5.73 Å². The maximum atomic E-state index is 13.1. The predicted octanol–water partition coefficient (Wildman–Crippen LogP) is 4.82. The predicted molar refractivity (Wildman–Crippen MR) is 70.3 cm³/mol. The molecule has 0 saturated heterocycles. The zero-order valence-corrected chi connectivity index (χ0v) is 11.3. The summed E-state index contributed by atoms with van der Waals surface area (Å²) in [6, 6.07) is 4.91. The molecule has 1 aliphatic carbocycles. The number of nitrogens with two attached hydrogens (primary N) is 1. The standard InChI is InChI=1S/C13H15Cl2F2N/c14-10-3-1-2-9(12(10)15)11(18)6-8-4-5-13(16,17)7-8/h1-3,8,11H,4-7,18H2. The highest BCUT2D eigenvalue weighted by atomic mass is 35.5. The Morgan fingerprint density at radius 1 is 1.39 bits per heavy atom. The number of alkyl halides is 2. The fourth-order valence-corrected chi connectivity index (χ4v) is 2.98. The summed E-state index contributed by atoms with van der Waals surface area (Å²) < 4.78 is 26.2. The minimum absolute atomic E-state index is 0.0341. The van der Waals surface area contributed by atoms with E-state index in [0.717, 1.165) is 5.56 Å². The summed E-state index contributed by atoms with van der Waals surface area (Å²) >= 11 is 12.0. The molecule has 1 nitrogen and oxygen atoms in total. The number of hydrogen-bond acceptors (Lipinski definition) is 1. The van der Waals surface area contributed by atoms with Gasteiger partial charge < -0.3 is 5.73 Å². The number of benzene rings is 1. The molecule has 100 valence electrons. The van der Waals surface area contributed by atoms with E-state index >= 15 is 0 Å². The molecule has 2 N–H and O–H groups in total. The van der Waals surface area contributed by atoms with Crippen LogP contribution in [0.25, 0.3) is 0 Å². The van der Waals surface area contributed by atoms with Crippen LogP contribution in [0.15, 0.2) is 18.2 Å². The van der Waals surface area contributed by atoms with Crippen molar-refractivity contribution in [3.05, 3.63) is 33.8 Å². The Kier molecular flexibility index (Phi) is 4.15. The average Bonchev–Trinajstić information content (AvgIpc) is 2.62. The molecule has 1 aliphatic rings. The smallest absolute Gasteiger partial charge is 0.248 e. The van der Waals surface area contributed by atoms with Crippen LogP contribution in [-0.4, -0.2) is 5.92 Å². The number of hydrogen-bond donors (Lipinski definition) is 1. The third-order valence-corrected chi connectivity index (χ3v) is 4.31. The lowest BCUT2D eigenvalue weighted by molar-refractivity contribution is 0.00447. The van der Waals surface area contributed by atoms with Crippen LogP contribution >= 0.6 is 23.2 Å². The molecule has 1 fully saturated rings. The molecule has 2 rings (SSSR count). The molecular weight excluding hydrogens is 279 g/mol. The van der Waals surface area contributed by atoms with Gasteiger partial charge in [0.1, 0.15) is 0 Å². The van der Waals surface area contributed by atoms with E-state index in [1.807, 2.05) is 0 Å². The Labute approximate surface area is 115 Å². The number of halogens is 4. The zero-order valence-electron chi connectivity index (χ0n) is 9.80. The molecular formula is C13H15Cl2F2N. The highest BCUT2D eigenvalue weighted by Crippen LogP contribution is 2.43. The summed E-state index contributed by atoms with van der Waals surface area (Å²) in [6.45, 7) is 0. The van der Waals surface area contributed by atoms with Crippen molar-refractivity contribution in [3.8, 4) is 0 Å². The molecule has 0 bridgehead atoms. The normalized spacial score (nSPS) is 24.2. The van der Waals surface area contributed by atoms with Gasteiger partial charge in [-0.15, -0.1) is 0 Å². The lowest BCUT2D eigenvalue weighted by Gasteiger charge is -2.18. The first kappa shape index (κ1) is 14.0. The number of rotatable bonds is 3. The van der Waals surface area contributed by atoms with Gasteiger partial charge in [0, 0.05) is 18.9 Å². The van der Waals surface area contributed by atoms with E-state index in [1.54, 1.807) is 18.2 Å². The first-order chi connectivity index (χ1) is 8.39. The molecule has 0 heterocycles. The van der Waals surface area contributed by atoms with Crippen molar-refractivity contribution in [3.63, 3.8) is 0 Å². The van der Waals surface area contributed by atoms with Gasteiger partial charge >= 0.3 is 0 Å². The maximum absolute atomic E-state index is 13.1. The van der Waals surface area contributed by atoms with Gasteiger partial charge in [-0.05, 0) is 30.4 Å². The highest BCUT2D eigenvalue weighted by Gasteiger charge is 2.39. The summed E-state index contributed by atoms with van der Waals surface area (Å²) in [7, 11) is 0. The Balaban J connectivity index is 2.04. The Morgan fingerprint density at radius 2 is 2.11 bits per heavy atom. The van der Waals surface area contributed by atoms with Crippen molar-refractivity contribution in [2.75, 3.05) is 0 Å². The third-order valence-electron chi connectivity index (χ3n) is 3.47. The summed E-state index contributed by atoms with van der Waals surface area (Å²) in [5, 5.41) is 0.873. The second kappa shape index (κ2) is 5.32. The minimum Gasteiger partial charge on any atom is -0.324 e. The van der Waals surface area contributed by atoms with Gasteiger partial charge in [-0.25, -0.2) is 8.78 Å². The minimum atomic E-state index is -2.53. The summed E-state index contributed by atoms with van der Waals surface area (Å²) in [6.07, 6.45) is 0.946. The van der Waals surface area contributed by atoms with Crippen LogP contribution in [0.1, 0.15) is 37.3 Å². The van der Waals surface area contributed by atoms with E-state index in [0.29, 0.717) is 22.9 Å². The molecule has 18 heavy (non-hydrogen) atoms. The highest BCUT2D eigenvalue weighted by molar-refractivity contribution is 6.42. The van der Waals surface area contributed by atoms with Crippen molar-refractivity contribution in [2.45, 2.75) is 37.6 Å². The van der Waals surface area contributed by atoms with Gasteiger partial charge in [-0.1, -0.05) is 35.3 Å². The van der Waals surface area contributed by atoms with Crippen molar-refractivity contribution >= 4 is 23.2 Å². The van der Waals surface area contributed by atoms with Crippen LogP contribution in [0.3, 0.4) is 0 Å². The molecule has 0 aromatic heterocycles. The van der Waals surface area contributed by atoms with E-state index in [-0.39, 0.29) is 24.8 Å². The molecule has 0 aliphatic heterocycles. The molecule has 0 radical (unpaired) electrons. The fourth-order valence-electron chi connectivity index (χ4n) is 2.54. The molecule has 5 heteroatoms. The molecule has 1 aromatic rings. The Bertz CT molecular complexity index is 437. The first-order valence-electron chi connectivity index (χ1n) is 5.96. The van der Waals surface area contributed by atoms with Crippen LogP contribution in [0, 0.1) is 5.92 Å². The van der Waals surface area contributed by atoms with E-state index in [4.69, 9.17) is 28.9 Å². The second-order valence-corrected chi connectivity index (χ2v) is 5.74. The lowest BCUT2D eigenvalue weighted by Crippen LogP contribution is -2.16. The summed E-state index contributed by atoms with van der Waals surface area (Å²) in [5.41, 5.74) is 6.78. The third kappa shape index (κ3) is 3.14. The quantitative estimate of drug-likeness (QED) is 0.850. The van der Waals surface area contributed by atoms with Crippen LogP contribution in [-0.2, 0) is 0 Å². The first-order valence-corrected chi connectivity index (χ1v) is 6.72. The van der Waals surface area contributed by atoms with E-state index in [9.17, 15) is 8.78 Å². The Morgan fingerprint density at radius 3 is 2.72 bits per heavy atom. The van der Waals surface area contributed by atoms with Gasteiger partial charge in [0.25, 0.3) is 0 Å². The zero-order chi connectivity index (χ0) is 13.3. The van der Waals surface area contributed by atoms with Gasteiger partial charge in [-0.3, -0.25) is 0 Å². The molecule has 2 atom stereocenters. The lowest BCUT2D eigenvalue weighted by atomic mass is 9.94. The van der Waals surface area contributed by atoms with Crippen LogP contribution in [0.5, 0.6) is 0 Å². The molecule has 0 amide bonds. The Hall–Kier alpha value is -0.380. The topological polar surface area (TPSA) is 26.0 Å². The van der Waals surface area contributed by atoms with Gasteiger partial charge in [-0.2, -0.15) is 0 Å². The van der Waals surface area contributed by atoms with Crippen molar-refractivity contribution < 1.29 is 8.78 Å². The van der Waals surface area contributed by atoms with Crippen molar-refractivity contribution in [1.29, 1.82) is 0 Å². The van der Waals surface area contributed by atoms with Crippen molar-refractivity contribution in [2.24, 2.45) is 11.7 Å². The van der Waals surface area contributed by atoms with E-state index in [2.05, 4.69) is 0 Å². The SMILES string of the molecule is NC(CC1CCC(F)(F)C1)c1cccc(Cl)c1Cl. The van der Waals surface area contributed by atoms with Gasteiger partial charge in [0.15, 0.2) is 0 Å². The van der Waals surface area contributed by atoms with E-state index in [1.165, 1.54) is 0 Å². The molecule has 0 spiro atoms. The summed E-state index contributed by atoms with van der Waals surface area (Å²) in [4.78, 5) is 0. The maximum Gasteiger partial charge on any atom is 0.248 e. The molecule has 1 aromatic carbocycles. The van der Waals surface area contributed by atoms with Crippen molar-refractivity contribution in [1.82, 2.24) is 0 Å². The second-order valence-electron chi connectivity index (χ2n) is 4.95. The van der Waals surface area contributed by atoms with E-state index < -0.39 is 5.92 Å². The summed E-state index contributed by atoms with van der Waals surface area (Å²) in [5.74, 6) is -2.56. The molecule has 1 saturated carbocycles. The van der Waals surface area contributed by atoms with Crippen LogP contribution in [0.2, 0.25) is 10.0 Å². The fraction of sp³-hybridized carbons (Fsp3) is 0.538. The average molecular weight is 294 g/mol.